The van der Waals surface area contributed by atoms with E-state index in [1.807, 2.05) is 25.1 Å². The van der Waals surface area contributed by atoms with Crippen LogP contribution in [0.3, 0.4) is 0 Å². The third-order valence-corrected chi connectivity index (χ3v) is 4.06. The van der Waals surface area contributed by atoms with Gasteiger partial charge in [-0.25, -0.2) is 13.8 Å². The van der Waals surface area contributed by atoms with Crippen LogP contribution in [0.25, 0.3) is 0 Å². The van der Waals surface area contributed by atoms with Crippen LogP contribution in [0, 0.1) is 11.6 Å². The molecule has 0 amide bonds. The summed E-state index contributed by atoms with van der Waals surface area (Å²) in [6.45, 7) is 3.45. The predicted molar refractivity (Wildman–Crippen MR) is 79.6 cm³/mol. The molecule has 1 fully saturated rings. The summed E-state index contributed by atoms with van der Waals surface area (Å²) in [6, 6.07) is 9.18. The van der Waals surface area contributed by atoms with Gasteiger partial charge in [-0.05, 0) is 25.5 Å². The lowest BCUT2D eigenvalue weighted by atomic mass is 10.1. The number of pyridine rings is 1. The van der Waals surface area contributed by atoms with E-state index in [2.05, 4.69) is 9.88 Å². The van der Waals surface area contributed by atoms with E-state index in [0.717, 1.165) is 19.0 Å². The number of aromatic nitrogens is 1. The number of likely N-dealkylation sites (tertiary alicyclic amines) is 1. The Morgan fingerprint density at radius 3 is 2.86 bits per heavy atom. The van der Waals surface area contributed by atoms with E-state index in [-0.39, 0.29) is 12.1 Å². The minimum Gasteiger partial charge on any atom is -0.473 e. The van der Waals surface area contributed by atoms with Gasteiger partial charge in [0.1, 0.15) is 17.7 Å². The Bertz CT molecular complexity index is 636. The maximum absolute atomic E-state index is 13.9. The summed E-state index contributed by atoms with van der Waals surface area (Å²) >= 11 is 0. The molecule has 0 aliphatic carbocycles. The summed E-state index contributed by atoms with van der Waals surface area (Å²) < 4.78 is 32.7. The first-order chi connectivity index (χ1) is 10.6. The maximum Gasteiger partial charge on any atom is 0.213 e. The molecule has 2 aromatic rings. The van der Waals surface area contributed by atoms with Gasteiger partial charge in [-0.15, -0.1) is 0 Å². The minimum absolute atomic E-state index is 0.0425. The number of rotatable bonds is 4. The van der Waals surface area contributed by atoms with E-state index in [9.17, 15) is 8.78 Å². The van der Waals surface area contributed by atoms with Crippen molar-refractivity contribution in [3.05, 3.63) is 59.8 Å². The monoisotopic (exact) mass is 304 g/mol. The van der Waals surface area contributed by atoms with E-state index in [1.54, 1.807) is 6.20 Å². The fraction of sp³-hybridized carbons (Fsp3) is 0.353. The smallest absolute Gasteiger partial charge is 0.213 e. The zero-order valence-corrected chi connectivity index (χ0v) is 12.4. The second-order valence-corrected chi connectivity index (χ2v) is 5.53. The van der Waals surface area contributed by atoms with Crippen molar-refractivity contribution in [2.24, 2.45) is 0 Å². The Hall–Kier alpha value is -2.01. The van der Waals surface area contributed by atoms with Gasteiger partial charge in [-0.3, -0.25) is 4.90 Å². The molecule has 3 rings (SSSR count). The molecule has 3 nitrogen and oxygen atoms in total. The highest BCUT2D eigenvalue weighted by atomic mass is 19.1. The van der Waals surface area contributed by atoms with Crippen LogP contribution in [0.1, 0.15) is 24.9 Å². The molecular weight excluding hydrogens is 286 g/mol. The topological polar surface area (TPSA) is 25.4 Å². The molecule has 1 aromatic heterocycles. The van der Waals surface area contributed by atoms with E-state index in [4.69, 9.17) is 4.74 Å². The highest BCUT2D eigenvalue weighted by molar-refractivity contribution is 5.22. The lowest BCUT2D eigenvalue weighted by molar-refractivity contribution is 0.176. The van der Waals surface area contributed by atoms with Crippen LogP contribution in [-0.4, -0.2) is 29.1 Å². The zero-order chi connectivity index (χ0) is 15.5. The summed E-state index contributed by atoms with van der Waals surface area (Å²) in [5.74, 6) is -0.442. The molecule has 0 unspecified atom stereocenters. The van der Waals surface area contributed by atoms with Crippen LogP contribution in [0.5, 0.6) is 5.88 Å². The number of nitrogens with zero attached hydrogens (tertiary/aromatic N) is 2. The Morgan fingerprint density at radius 1 is 1.27 bits per heavy atom. The molecule has 2 heterocycles. The summed E-state index contributed by atoms with van der Waals surface area (Å²) in [6.07, 6.45) is 2.60. The van der Waals surface area contributed by atoms with Crippen molar-refractivity contribution in [1.29, 1.82) is 0 Å². The molecular formula is C17H18F2N2O. The molecule has 0 N–H and O–H groups in total. The number of benzene rings is 1. The van der Waals surface area contributed by atoms with Gasteiger partial charge in [0.15, 0.2) is 0 Å². The first-order valence-corrected chi connectivity index (χ1v) is 7.40. The van der Waals surface area contributed by atoms with Crippen molar-refractivity contribution in [1.82, 2.24) is 9.88 Å². The van der Waals surface area contributed by atoms with Crippen LogP contribution >= 0.6 is 0 Å². The van der Waals surface area contributed by atoms with Crippen LogP contribution in [0.2, 0.25) is 0 Å². The normalized spacial score (nSPS) is 20.0. The number of halogens is 2. The second-order valence-electron chi connectivity index (χ2n) is 5.53. The fourth-order valence-corrected chi connectivity index (χ4v) is 2.83. The molecule has 1 aliphatic rings. The number of hydrogen-bond acceptors (Lipinski definition) is 3. The summed E-state index contributed by atoms with van der Waals surface area (Å²) in [7, 11) is 0. The standard InChI is InChI=1S/C17H18F2N2O/c1-12(15-6-5-13(18)10-16(15)19)21-9-7-14(11-21)22-17-4-2-3-8-20-17/h2-6,8,10,12,14H,7,9,11H2,1H3/t12-,14+/m0/s1. The van der Waals surface area contributed by atoms with Crippen molar-refractivity contribution < 1.29 is 13.5 Å². The van der Waals surface area contributed by atoms with E-state index in [0.29, 0.717) is 18.0 Å². The van der Waals surface area contributed by atoms with E-state index < -0.39 is 11.6 Å². The van der Waals surface area contributed by atoms with Gasteiger partial charge in [-0.2, -0.15) is 0 Å². The number of ether oxygens (including phenoxy) is 1. The Kier molecular flexibility index (Phi) is 4.34. The van der Waals surface area contributed by atoms with E-state index in [1.165, 1.54) is 12.1 Å². The maximum atomic E-state index is 13.9. The molecule has 0 spiro atoms. The molecule has 2 atom stereocenters. The molecule has 0 saturated carbocycles. The quantitative estimate of drug-likeness (QED) is 0.863. The van der Waals surface area contributed by atoms with Crippen molar-refractivity contribution in [3.8, 4) is 5.88 Å². The molecule has 116 valence electrons. The van der Waals surface area contributed by atoms with Gasteiger partial charge < -0.3 is 4.74 Å². The predicted octanol–water partition coefficient (Wildman–Crippen LogP) is 3.57. The molecule has 22 heavy (non-hydrogen) atoms. The lowest BCUT2D eigenvalue weighted by Gasteiger charge is -2.25. The SMILES string of the molecule is C[C@@H](c1ccc(F)cc1F)N1CC[C@@H](Oc2ccccn2)C1. The first-order valence-electron chi connectivity index (χ1n) is 7.40. The van der Waals surface area contributed by atoms with Crippen LogP contribution in [0.4, 0.5) is 8.78 Å². The van der Waals surface area contributed by atoms with Crippen molar-refractivity contribution >= 4 is 0 Å². The largest absolute Gasteiger partial charge is 0.473 e. The van der Waals surface area contributed by atoms with Gasteiger partial charge >= 0.3 is 0 Å². The molecule has 1 saturated heterocycles. The van der Waals surface area contributed by atoms with E-state index >= 15 is 0 Å². The van der Waals surface area contributed by atoms with Gasteiger partial charge in [0, 0.05) is 43.0 Å². The summed E-state index contributed by atoms with van der Waals surface area (Å²) in [5, 5.41) is 0. The number of hydrogen-bond donors (Lipinski definition) is 0. The van der Waals surface area contributed by atoms with Gasteiger partial charge in [-0.1, -0.05) is 12.1 Å². The van der Waals surface area contributed by atoms with Crippen LogP contribution in [0.15, 0.2) is 42.6 Å². The van der Waals surface area contributed by atoms with Crippen molar-refractivity contribution in [2.45, 2.75) is 25.5 Å². The highest BCUT2D eigenvalue weighted by Gasteiger charge is 2.29. The van der Waals surface area contributed by atoms with Gasteiger partial charge in [0.2, 0.25) is 5.88 Å². The van der Waals surface area contributed by atoms with Crippen LogP contribution in [-0.2, 0) is 0 Å². The second kappa shape index (κ2) is 6.40. The third-order valence-electron chi connectivity index (χ3n) is 4.06. The fourth-order valence-electron chi connectivity index (χ4n) is 2.83. The van der Waals surface area contributed by atoms with Crippen molar-refractivity contribution in [3.63, 3.8) is 0 Å². The highest BCUT2D eigenvalue weighted by Crippen LogP contribution is 2.28. The Balaban J connectivity index is 1.64. The first kappa shape index (κ1) is 14.9. The molecule has 1 aliphatic heterocycles. The van der Waals surface area contributed by atoms with Gasteiger partial charge in [0.05, 0.1) is 0 Å². The Labute approximate surface area is 128 Å². The summed E-state index contributed by atoms with van der Waals surface area (Å²) in [4.78, 5) is 6.29. The Morgan fingerprint density at radius 2 is 2.14 bits per heavy atom. The third kappa shape index (κ3) is 3.25. The average Bonchev–Trinajstić information content (AvgIpc) is 2.96. The summed E-state index contributed by atoms with van der Waals surface area (Å²) in [5.41, 5.74) is 0.514. The molecule has 5 heteroatoms. The molecule has 0 bridgehead atoms. The van der Waals surface area contributed by atoms with Gasteiger partial charge in [0.25, 0.3) is 0 Å². The minimum atomic E-state index is -0.550. The zero-order valence-electron chi connectivity index (χ0n) is 12.4. The average molecular weight is 304 g/mol. The lowest BCUT2D eigenvalue weighted by Crippen LogP contribution is -2.28. The molecule has 1 aromatic carbocycles. The molecule has 0 radical (unpaired) electrons. The van der Waals surface area contributed by atoms with Crippen LogP contribution < -0.4 is 4.74 Å². The van der Waals surface area contributed by atoms with Crippen molar-refractivity contribution in [2.75, 3.05) is 13.1 Å².